The normalized spacial score (nSPS) is 35.8. The molecular weight excluding hydrogens is 464 g/mol. The fourth-order valence-corrected chi connectivity index (χ4v) is 9.38. The minimum absolute atomic E-state index is 0.107. The average molecular weight is 515 g/mol. The maximum atomic E-state index is 10.5. The minimum atomic E-state index is -0.396. The van der Waals surface area contributed by atoms with Gasteiger partial charge in [0.2, 0.25) is 0 Å². The summed E-state index contributed by atoms with van der Waals surface area (Å²) < 4.78 is 0. The molecule has 0 bridgehead atoms. The first-order chi connectivity index (χ1) is 17.2. The first kappa shape index (κ1) is 28.1. The lowest BCUT2D eigenvalue weighted by Crippen LogP contribution is -2.37. The molecule has 1 aromatic heterocycles. The zero-order valence-electron chi connectivity index (χ0n) is 23.1. The monoisotopic (exact) mass is 514 g/mol. The van der Waals surface area contributed by atoms with Crippen molar-refractivity contribution in [3.05, 3.63) is 45.7 Å². The van der Waals surface area contributed by atoms with Crippen LogP contribution >= 0.6 is 11.3 Å². The van der Waals surface area contributed by atoms with Crippen molar-refractivity contribution in [2.24, 2.45) is 29.1 Å². The fraction of sp³-hybridized carbons (Fsp3) is 0.750. The highest BCUT2D eigenvalue weighted by Gasteiger charge is 2.50. The predicted molar refractivity (Wildman–Crippen MR) is 151 cm³/mol. The van der Waals surface area contributed by atoms with E-state index in [0.717, 1.165) is 12.3 Å². The number of aliphatic hydroxyl groups excluding tert-OH is 3. The van der Waals surface area contributed by atoms with Gasteiger partial charge in [-0.25, -0.2) is 0 Å². The van der Waals surface area contributed by atoms with E-state index in [1.165, 1.54) is 55.4 Å². The Labute approximate surface area is 223 Å². The molecule has 3 saturated carbocycles. The van der Waals surface area contributed by atoms with Crippen LogP contribution in [0.15, 0.2) is 40.8 Å². The van der Waals surface area contributed by atoms with E-state index < -0.39 is 12.2 Å². The van der Waals surface area contributed by atoms with E-state index in [9.17, 15) is 15.3 Å². The SMILES string of the molecule is CC(CCC[C@@](CO)(c1cccs1)C(C)C)[C@H]1CCC2/C(=C\C=C3C[C@@H](O)C[C@@H](O)C3)CCC[C@@]21C. The zero-order valence-corrected chi connectivity index (χ0v) is 23.9. The molecule has 7 atom stereocenters. The molecule has 4 rings (SSSR count). The number of hydrogen-bond donors (Lipinski definition) is 3. The van der Waals surface area contributed by atoms with E-state index >= 15 is 0 Å². The summed E-state index contributed by atoms with van der Waals surface area (Å²) in [4.78, 5) is 1.34. The Bertz CT molecular complexity index is 891. The Morgan fingerprint density at radius 2 is 1.89 bits per heavy atom. The van der Waals surface area contributed by atoms with Crippen molar-refractivity contribution in [2.45, 2.75) is 116 Å². The van der Waals surface area contributed by atoms with Crippen LogP contribution in [0.4, 0.5) is 0 Å². The Morgan fingerprint density at radius 1 is 1.14 bits per heavy atom. The van der Waals surface area contributed by atoms with Gasteiger partial charge in [-0.3, -0.25) is 0 Å². The summed E-state index contributed by atoms with van der Waals surface area (Å²) in [5.74, 6) is 2.57. The lowest BCUT2D eigenvalue weighted by atomic mass is 9.60. The second-order valence-corrected chi connectivity index (χ2v) is 13.9. The number of fused-ring (bicyclic) bond motifs is 1. The van der Waals surface area contributed by atoms with Gasteiger partial charge in [0.1, 0.15) is 0 Å². The topological polar surface area (TPSA) is 60.7 Å². The van der Waals surface area contributed by atoms with Crippen molar-refractivity contribution in [2.75, 3.05) is 6.61 Å². The van der Waals surface area contributed by atoms with Crippen LogP contribution in [0.5, 0.6) is 0 Å². The van der Waals surface area contributed by atoms with Crippen molar-refractivity contribution in [1.82, 2.24) is 0 Å². The van der Waals surface area contributed by atoms with E-state index in [1.807, 2.05) is 0 Å². The van der Waals surface area contributed by atoms with Gasteiger partial charge in [0.15, 0.2) is 0 Å². The summed E-state index contributed by atoms with van der Waals surface area (Å²) in [7, 11) is 0. The van der Waals surface area contributed by atoms with Crippen molar-refractivity contribution < 1.29 is 15.3 Å². The van der Waals surface area contributed by atoms with Crippen LogP contribution in [0.3, 0.4) is 0 Å². The molecule has 2 unspecified atom stereocenters. The molecule has 3 aliphatic rings. The molecule has 3 aliphatic carbocycles. The van der Waals surface area contributed by atoms with E-state index in [0.29, 0.717) is 42.4 Å². The van der Waals surface area contributed by atoms with Crippen LogP contribution in [0, 0.1) is 29.1 Å². The molecule has 0 spiro atoms. The lowest BCUT2D eigenvalue weighted by Gasteiger charge is -2.44. The van der Waals surface area contributed by atoms with Crippen LogP contribution in [-0.4, -0.2) is 34.1 Å². The molecule has 0 amide bonds. The standard InChI is InChI=1S/C32H50O3S/c1-22(2)32(21-33,30-10-7-17-36-30)16-5-8-23(3)28-13-14-29-25(9-6-15-31(28,29)4)12-11-24-18-26(34)20-27(35)19-24/h7,10-12,17,22-23,26-29,33-35H,5-6,8-9,13-16,18-21H2,1-4H3/b24-11?,25-12-/t23?,26-,27+,28-,29?,31-,32+/m1/s1. The number of aliphatic hydroxyl groups is 3. The van der Waals surface area contributed by atoms with Crippen LogP contribution < -0.4 is 0 Å². The molecule has 3 N–H and O–H groups in total. The fourth-order valence-electron chi connectivity index (χ4n) is 8.28. The van der Waals surface area contributed by atoms with Crippen molar-refractivity contribution >= 4 is 11.3 Å². The first-order valence-electron chi connectivity index (χ1n) is 14.6. The van der Waals surface area contributed by atoms with Gasteiger partial charge in [0, 0.05) is 10.3 Å². The number of thiophene rings is 1. The minimum Gasteiger partial charge on any atom is -0.395 e. The predicted octanol–water partition coefficient (Wildman–Crippen LogP) is 7.42. The second-order valence-electron chi connectivity index (χ2n) is 12.9. The molecule has 3 nitrogen and oxygen atoms in total. The van der Waals surface area contributed by atoms with E-state index in [-0.39, 0.29) is 12.0 Å². The smallest absolute Gasteiger partial charge is 0.0602 e. The van der Waals surface area contributed by atoms with Gasteiger partial charge < -0.3 is 15.3 Å². The first-order valence-corrected chi connectivity index (χ1v) is 15.5. The quantitative estimate of drug-likeness (QED) is 0.321. The van der Waals surface area contributed by atoms with Gasteiger partial charge >= 0.3 is 0 Å². The summed E-state index contributed by atoms with van der Waals surface area (Å²) in [6, 6.07) is 4.34. The van der Waals surface area contributed by atoms with Gasteiger partial charge in [-0.05, 0) is 98.3 Å². The van der Waals surface area contributed by atoms with Crippen LogP contribution in [-0.2, 0) is 5.41 Å². The molecule has 202 valence electrons. The van der Waals surface area contributed by atoms with Crippen LogP contribution in [0.25, 0.3) is 0 Å². The molecule has 0 aromatic carbocycles. The van der Waals surface area contributed by atoms with Crippen molar-refractivity contribution in [1.29, 1.82) is 0 Å². The van der Waals surface area contributed by atoms with E-state index in [2.05, 4.69) is 57.4 Å². The van der Waals surface area contributed by atoms with E-state index in [4.69, 9.17) is 0 Å². The third kappa shape index (κ3) is 5.72. The molecule has 4 heteroatoms. The van der Waals surface area contributed by atoms with Crippen molar-refractivity contribution in [3.8, 4) is 0 Å². The summed E-state index contributed by atoms with van der Waals surface area (Å²) in [6.45, 7) is 9.83. The van der Waals surface area contributed by atoms with Crippen LogP contribution in [0.2, 0.25) is 0 Å². The summed E-state index contributed by atoms with van der Waals surface area (Å²) >= 11 is 1.80. The maximum Gasteiger partial charge on any atom is 0.0602 e. The molecule has 36 heavy (non-hydrogen) atoms. The lowest BCUT2D eigenvalue weighted by molar-refractivity contribution is 0.0609. The molecule has 1 aromatic rings. The third-order valence-corrected chi connectivity index (χ3v) is 11.6. The van der Waals surface area contributed by atoms with Gasteiger partial charge in [-0.2, -0.15) is 0 Å². The highest BCUT2D eigenvalue weighted by Crippen LogP contribution is 2.60. The summed E-state index contributed by atoms with van der Waals surface area (Å²) in [5.41, 5.74) is 3.09. The molecule has 3 fully saturated rings. The second kappa shape index (κ2) is 11.8. The summed E-state index contributed by atoms with van der Waals surface area (Å²) in [5, 5.41) is 32.7. The van der Waals surface area contributed by atoms with Gasteiger partial charge in [0.25, 0.3) is 0 Å². The Hall–Kier alpha value is -0.940. The number of hydrogen-bond acceptors (Lipinski definition) is 4. The Balaban J connectivity index is 1.40. The molecule has 0 saturated heterocycles. The molecule has 0 aliphatic heterocycles. The van der Waals surface area contributed by atoms with Gasteiger partial charge in [-0.15, -0.1) is 11.3 Å². The molecular formula is C32H50O3S. The highest BCUT2D eigenvalue weighted by molar-refractivity contribution is 7.10. The maximum absolute atomic E-state index is 10.5. The van der Waals surface area contributed by atoms with E-state index in [1.54, 1.807) is 16.9 Å². The third-order valence-electron chi connectivity index (χ3n) is 10.5. The number of rotatable bonds is 9. The number of allylic oxidation sites excluding steroid dienone is 3. The largest absolute Gasteiger partial charge is 0.395 e. The Morgan fingerprint density at radius 3 is 2.53 bits per heavy atom. The van der Waals surface area contributed by atoms with Crippen molar-refractivity contribution in [3.63, 3.8) is 0 Å². The molecule has 1 heterocycles. The van der Waals surface area contributed by atoms with Gasteiger partial charge in [-0.1, -0.05) is 69.9 Å². The Kier molecular flexibility index (Phi) is 9.24. The van der Waals surface area contributed by atoms with Gasteiger partial charge in [0.05, 0.1) is 18.8 Å². The molecule has 0 radical (unpaired) electrons. The zero-order chi connectivity index (χ0) is 25.9. The average Bonchev–Trinajstić information content (AvgIpc) is 3.48. The summed E-state index contributed by atoms with van der Waals surface area (Å²) in [6.07, 6.45) is 15.6. The highest BCUT2D eigenvalue weighted by atomic mass is 32.1. The van der Waals surface area contributed by atoms with Crippen LogP contribution in [0.1, 0.15) is 103 Å².